The lowest BCUT2D eigenvalue weighted by atomic mass is 10.2. The first kappa shape index (κ1) is 11.1. The van der Waals surface area contributed by atoms with Gasteiger partial charge in [-0.2, -0.15) is 0 Å². The summed E-state index contributed by atoms with van der Waals surface area (Å²) in [6.07, 6.45) is 4.11. The van der Waals surface area contributed by atoms with E-state index >= 15 is 0 Å². The van der Waals surface area contributed by atoms with E-state index in [0.717, 1.165) is 16.9 Å². The van der Waals surface area contributed by atoms with Crippen LogP contribution in [-0.2, 0) is 13.0 Å². The highest BCUT2D eigenvalue weighted by Gasteiger charge is 2.04. The molecule has 0 aliphatic heterocycles. The number of aromatic nitrogens is 3. The van der Waals surface area contributed by atoms with Crippen molar-refractivity contribution in [2.24, 2.45) is 0 Å². The number of thiophene rings is 1. The second kappa shape index (κ2) is 4.70. The Labute approximate surface area is 108 Å². The molecule has 4 nitrogen and oxygen atoms in total. The van der Waals surface area contributed by atoms with Crippen LogP contribution in [-0.4, -0.2) is 14.5 Å². The molecule has 0 bridgehead atoms. The minimum atomic E-state index is 0.0252. The van der Waals surface area contributed by atoms with Crippen molar-refractivity contribution < 1.29 is 0 Å². The maximum Gasteiger partial charge on any atom is 0.262 e. The maximum absolute atomic E-state index is 12.1. The van der Waals surface area contributed by atoms with Gasteiger partial charge in [-0.25, -0.2) is 4.98 Å². The van der Waals surface area contributed by atoms with Gasteiger partial charge in [0.05, 0.1) is 11.7 Å². The highest BCUT2D eigenvalue weighted by Crippen LogP contribution is 2.13. The largest absolute Gasteiger partial charge is 0.298 e. The third kappa shape index (κ3) is 2.04. The third-order valence-electron chi connectivity index (χ3n) is 2.79. The number of pyridine rings is 1. The van der Waals surface area contributed by atoms with E-state index in [0.29, 0.717) is 11.9 Å². The van der Waals surface area contributed by atoms with Crippen LogP contribution in [0.1, 0.15) is 5.69 Å². The zero-order chi connectivity index (χ0) is 12.4. The van der Waals surface area contributed by atoms with Crippen molar-refractivity contribution in [3.8, 4) is 0 Å². The molecular formula is C13H11N3OS. The fourth-order valence-electron chi connectivity index (χ4n) is 1.83. The Morgan fingerprint density at radius 2 is 2.17 bits per heavy atom. The minimum Gasteiger partial charge on any atom is -0.298 e. The molecule has 3 aromatic heterocycles. The summed E-state index contributed by atoms with van der Waals surface area (Å²) in [4.78, 5) is 21.4. The first-order valence-corrected chi connectivity index (χ1v) is 6.55. The van der Waals surface area contributed by atoms with E-state index in [-0.39, 0.29) is 5.56 Å². The second-order valence-corrected chi connectivity index (χ2v) is 4.85. The van der Waals surface area contributed by atoms with Crippen molar-refractivity contribution in [1.82, 2.24) is 14.5 Å². The average molecular weight is 257 g/mol. The molecule has 0 radical (unpaired) electrons. The maximum atomic E-state index is 12.1. The van der Waals surface area contributed by atoms with Gasteiger partial charge in [-0.15, -0.1) is 11.3 Å². The van der Waals surface area contributed by atoms with Crippen LogP contribution in [0.5, 0.6) is 0 Å². The standard InChI is InChI=1S/C13H11N3OS/c17-13-11-5-8-18-12(11)15-9-16(13)7-4-10-3-1-2-6-14-10/h1-3,5-6,8-9H,4,7H2. The van der Waals surface area contributed by atoms with Crippen LogP contribution in [0, 0.1) is 0 Å². The molecule has 3 heterocycles. The van der Waals surface area contributed by atoms with Gasteiger partial charge in [0.25, 0.3) is 5.56 Å². The highest BCUT2D eigenvalue weighted by molar-refractivity contribution is 7.16. The van der Waals surface area contributed by atoms with Gasteiger partial charge in [0.1, 0.15) is 4.83 Å². The summed E-state index contributed by atoms with van der Waals surface area (Å²) in [6, 6.07) is 7.62. The Morgan fingerprint density at radius 3 is 3.00 bits per heavy atom. The van der Waals surface area contributed by atoms with E-state index in [1.807, 2.05) is 29.6 Å². The van der Waals surface area contributed by atoms with Gasteiger partial charge in [-0.3, -0.25) is 14.3 Å². The number of hydrogen-bond acceptors (Lipinski definition) is 4. The van der Waals surface area contributed by atoms with Crippen molar-refractivity contribution in [2.75, 3.05) is 0 Å². The Balaban J connectivity index is 1.87. The number of rotatable bonds is 3. The van der Waals surface area contributed by atoms with Crippen molar-refractivity contribution in [1.29, 1.82) is 0 Å². The minimum absolute atomic E-state index is 0.0252. The van der Waals surface area contributed by atoms with Gasteiger partial charge in [0.15, 0.2) is 0 Å². The number of nitrogens with zero attached hydrogens (tertiary/aromatic N) is 3. The third-order valence-corrected chi connectivity index (χ3v) is 3.61. The molecule has 0 N–H and O–H groups in total. The Kier molecular flexibility index (Phi) is 2.90. The molecule has 0 fully saturated rings. The fraction of sp³-hybridized carbons (Fsp3) is 0.154. The predicted molar refractivity (Wildman–Crippen MR) is 71.8 cm³/mol. The van der Waals surface area contributed by atoms with E-state index in [2.05, 4.69) is 9.97 Å². The molecule has 0 atom stereocenters. The van der Waals surface area contributed by atoms with Crippen LogP contribution in [0.15, 0.2) is 47.0 Å². The molecule has 90 valence electrons. The van der Waals surface area contributed by atoms with Gasteiger partial charge in [-0.1, -0.05) is 6.07 Å². The summed E-state index contributed by atoms with van der Waals surface area (Å²) in [5.41, 5.74) is 1.01. The SMILES string of the molecule is O=c1c2ccsc2ncn1CCc1ccccn1. The van der Waals surface area contributed by atoms with Crippen LogP contribution >= 0.6 is 11.3 Å². The highest BCUT2D eigenvalue weighted by atomic mass is 32.1. The normalized spacial score (nSPS) is 10.9. The molecule has 0 saturated heterocycles. The summed E-state index contributed by atoms with van der Waals surface area (Å²) in [5.74, 6) is 0. The fourth-order valence-corrected chi connectivity index (χ4v) is 2.56. The molecular weight excluding hydrogens is 246 g/mol. The number of aryl methyl sites for hydroxylation is 2. The molecule has 18 heavy (non-hydrogen) atoms. The predicted octanol–water partition coefficient (Wildman–Crippen LogP) is 2.10. The van der Waals surface area contributed by atoms with E-state index in [9.17, 15) is 4.79 Å². The lowest BCUT2D eigenvalue weighted by Crippen LogP contribution is -2.21. The summed E-state index contributed by atoms with van der Waals surface area (Å²) in [5, 5.41) is 2.59. The van der Waals surface area contributed by atoms with E-state index in [4.69, 9.17) is 0 Å². The molecule has 0 saturated carbocycles. The monoisotopic (exact) mass is 257 g/mol. The summed E-state index contributed by atoms with van der Waals surface area (Å²) >= 11 is 1.49. The molecule has 0 spiro atoms. The zero-order valence-corrected chi connectivity index (χ0v) is 10.4. The smallest absolute Gasteiger partial charge is 0.262 e. The molecule has 5 heteroatoms. The van der Waals surface area contributed by atoms with Crippen molar-refractivity contribution >= 4 is 21.6 Å². The first-order chi connectivity index (χ1) is 8.84. The summed E-state index contributed by atoms with van der Waals surface area (Å²) < 4.78 is 1.64. The lowest BCUT2D eigenvalue weighted by molar-refractivity contribution is 0.654. The second-order valence-electron chi connectivity index (χ2n) is 3.95. The number of fused-ring (bicyclic) bond motifs is 1. The van der Waals surface area contributed by atoms with Gasteiger partial charge in [0.2, 0.25) is 0 Å². The van der Waals surface area contributed by atoms with Gasteiger partial charge < -0.3 is 0 Å². The van der Waals surface area contributed by atoms with E-state index in [1.54, 1.807) is 17.1 Å². The first-order valence-electron chi connectivity index (χ1n) is 5.67. The van der Waals surface area contributed by atoms with Crippen molar-refractivity contribution in [2.45, 2.75) is 13.0 Å². The molecule has 0 aromatic carbocycles. The molecule has 3 rings (SSSR count). The molecule has 3 aromatic rings. The molecule has 0 aliphatic carbocycles. The van der Waals surface area contributed by atoms with Crippen LogP contribution in [0.25, 0.3) is 10.2 Å². The van der Waals surface area contributed by atoms with Crippen LogP contribution in [0.3, 0.4) is 0 Å². The quantitative estimate of drug-likeness (QED) is 0.722. The molecule has 0 aliphatic rings. The average Bonchev–Trinajstić information content (AvgIpc) is 2.88. The Bertz CT molecular complexity index is 718. The van der Waals surface area contributed by atoms with E-state index < -0.39 is 0 Å². The Morgan fingerprint density at radius 1 is 1.22 bits per heavy atom. The topological polar surface area (TPSA) is 47.8 Å². The summed E-state index contributed by atoms with van der Waals surface area (Å²) in [7, 11) is 0. The Hall–Kier alpha value is -2.01. The van der Waals surface area contributed by atoms with Gasteiger partial charge >= 0.3 is 0 Å². The van der Waals surface area contributed by atoms with Gasteiger partial charge in [0, 0.05) is 24.9 Å². The van der Waals surface area contributed by atoms with Crippen molar-refractivity contribution in [3.63, 3.8) is 0 Å². The number of hydrogen-bond donors (Lipinski definition) is 0. The summed E-state index contributed by atoms with van der Waals surface area (Å²) in [6.45, 7) is 0.606. The lowest BCUT2D eigenvalue weighted by Gasteiger charge is -2.04. The van der Waals surface area contributed by atoms with Crippen LogP contribution < -0.4 is 5.56 Å². The molecule has 0 unspecified atom stereocenters. The van der Waals surface area contributed by atoms with Gasteiger partial charge in [-0.05, 0) is 23.6 Å². The van der Waals surface area contributed by atoms with Crippen LogP contribution in [0.4, 0.5) is 0 Å². The molecule has 0 amide bonds. The zero-order valence-electron chi connectivity index (χ0n) is 9.61. The van der Waals surface area contributed by atoms with E-state index in [1.165, 1.54) is 11.3 Å². The van der Waals surface area contributed by atoms with Crippen molar-refractivity contribution in [3.05, 3.63) is 58.2 Å². The van der Waals surface area contributed by atoms with Crippen LogP contribution in [0.2, 0.25) is 0 Å².